The SMILES string of the molecule is CCC1CCc2c(sc(NC(=O)/C=C/c3ccc(Cl)cc3)c2C#N)C1. The van der Waals surface area contributed by atoms with Crippen LogP contribution in [0.2, 0.25) is 5.02 Å². The Morgan fingerprint density at radius 1 is 1.44 bits per heavy atom. The summed E-state index contributed by atoms with van der Waals surface area (Å²) in [6, 6.07) is 9.54. The molecule has 1 N–H and O–H groups in total. The Morgan fingerprint density at radius 3 is 2.88 bits per heavy atom. The van der Waals surface area contributed by atoms with Crippen molar-refractivity contribution in [1.82, 2.24) is 0 Å². The van der Waals surface area contributed by atoms with Crippen molar-refractivity contribution in [3.05, 3.63) is 56.9 Å². The third-order valence-electron chi connectivity index (χ3n) is 4.59. The van der Waals surface area contributed by atoms with Gasteiger partial charge in [0, 0.05) is 16.0 Å². The number of carbonyl (C=O) groups is 1. The third kappa shape index (κ3) is 4.12. The molecule has 0 saturated carbocycles. The van der Waals surface area contributed by atoms with Crippen molar-refractivity contribution in [2.45, 2.75) is 32.6 Å². The van der Waals surface area contributed by atoms with Crippen molar-refractivity contribution in [2.75, 3.05) is 5.32 Å². The summed E-state index contributed by atoms with van der Waals surface area (Å²) >= 11 is 7.40. The molecule has 0 aliphatic heterocycles. The molecule has 0 fully saturated rings. The van der Waals surface area contributed by atoms with Crippen LogP contribution in [0, 0.1) is 17.2 Å². The van der Waals surface area contributed by atoms with E-state index in [1.165, 1.54) is 11.0 Å². The number of fused-ring (bicyclic) bond motifs is 1. The van der Waals surface area contributed by atoms with E-state index in [-0.39, 0.29) is 5.91 Å². The Balaban J connectivity index is 1.74. The van der Waals surface area contributed by atoms with Gasteiger partial charge in [0.25, 0.3) is 0 Å². The monoisotopic (exact) mass is 370 g/mol. The molecule has 0 bridgehead atoms. The quantitative estimate of drug-likeness (QED) is 0.728. The number of nitriles is 1. The molecule has 3 rings (SSSR count). The summed E-state index contributed by atoms with van der Waals surface area (Å²) in [7, 11) is 0. The lowest BCUT2D eigenvalue weighted by atomic mass is 9.86. The third-order valence-corrected chi connectivity index (χ3v) is 6.01. The molecule has 3 nitrogen and oxygen atoms in total. The molecule has 1 heterocycles. The summed E-state index contributed by atoms with van der Waals surface area (Å²) in [5.41, 5.74) is 2.67. The van der Waals surface area contributed by atoms with Crippen LogP contribution in [0.3, 0.4) is 0 Å². The molecule has 1 amide bonds. The molecule has 0 spiro atoms. The summed E-state index contributed by atoms with van der Waals surface area (Å²) in [4.78, 5) is 13.5. The molecule has 5 heteroatoms. The van der Waals surface area contributed by atoms with Crippen LogP contribution in [-0.4, -0.2) is 5.91 Å². The minimum atomic E-state index is -0.225. The van der Waals surface area contributed by atoms with Crippen molar-refractivity contribution < 1.29 is 4.79 Å². The second-order valence-electron chi connectivity index (χ2n) is 6.21. The number of halogens is 1. The first kappa shape index (κ1) is 17.7. The van der Waals surface area contributed by atoms with E-state index in [1.807, 2.05) is 12.1 Å². The van der Waals surface area contributed by atoms with Gasteiger partial charge in [-0.15, -0.1) is 11.3 Å². The first-order chi connectivity index (χ1) is 12.1. The molecule has 1 aromatic carbocycles. The highest BCUT2D eigenvalue weighted by molar-refractivity contribution is 7.16. The van der Waals surface area contributed by atoms with Gasteiger partial charge in [0.2, 0.25) is 5.91 Å². The van der Waals surface area contributed by atoms with Gasteiger partial charge in [-0.25, -0.2) is 0 Å². The Kier molecular flexibility index (Phi) is 5.57. The van der Waals surface area contributed by atoms with Crippen molar-refractivity contribution in [2.24, 2.45) is 5.92 Å². The molecule has 1 atom stereocenters. The normalized spacial score (nSPS) is 16.4. The minimum absolute atomic E-state index is 0.225. The van der Waals surface area contributed by atoms with Gasteiger partial charge in [-0.1, -0.05) is 37.1 Å². The lowest BCUT2D eigenvalue weighted by Crippen LogP contribution is -2.12. The second kappa shape index (κ2) is 7.86. The molecule has 1 aliphatic rings. The number of amides is 1. The maximum Gasteiger partial charge on any atom is 0.249 e. The standard InChI is InChI=1S/C20H19ClN2OS/c1-2-13-5-9-16-17(12-22)20(25-18(16)11-13)23-19(24)10-6-14-3-7-15(21)8-4-14/h3-4,6-8,10,13H,2,5,9,11H2,1H3,(H,23,24)/b10-6+. The molecule has 1 unspecified atom stereocenters. The largest absolute Gasteiger partial charge is 0.313 e. The molecule has 2 aromatic rings. The maximum absolute atomic E-state index is 12.2. The summed E-state index contributed by atoms with van der Waals surface area (Å²) in [6.07, 6.45) is 7.45. The number of thiophene rings is 1. The number of hydrogen-bond donors (Lipinski definition) is 1. The Hall–Kier alpha value is -2.09. The van der Waals surface area contributed by atoms with E-state index in [0.717, 1.165) is 36.8 Å². The van der Waals surface area contributed by atoms with Crippen LogP contribution < -0.4 is 5.32 Å². The number of benzene rings is 1. The fourth-order valence-corrected chi connectivity index (χ4v) is 4.55. The number of rotatable bonds is 4. The van der Waals surface area contributed by atoms with Crippen molar-refractivity contribution in [3.63, 3.8) is 0 Å². The molecule has 0 saturated heterocycles. The molecule has 1 aliphatic carbocycles. The first-order valence-corrected chi connectivity index (χ1v) is 9.59. The summed E-state index contributed by atoms with van der Waals surface area (Å²) in [6.45, 7) is 2.21. The zero-order chi connectivity index (χ0) is 17.8. The van der Waals surface area contributed by atoms with Gasteiger partial charge in [0.05, 0.1) is 5.56 Å². The fourth-order valence-electron chi connectivity index (χ4n) is 3.11. The van der Waals surface area contributed by atoms with Crippen LogP contribution in [0.5, 0.6) is 0 Å². The summed E-state index contributed by atoms with van der Waals surface area (Å²) in [5, 5.41) is 13.7. The predicted molar refractivity (Wildman–Crippen MR) is 104 cm³/mol. The highest BCUT2D eigenvalue weighted by Crippen LogP contribution is 2.39. The van der Waals surface area contributed by atoms with Gasteiger partial charge in [-0.2, -0.15) is 5.26 Å². The van der Waals surface area contributed by atoms with Gasteiger partial charge in [-0.3, -0.25) is 4.79 Å². The second-order valence-corrected chi connectivity index (χ2v) is 7.75. The van der Waals surface area contributed by atoms with E-state index in [9.17, 15) is 10.1 Å². The van der Waals surface area contributed by atoms with E-state index in [2.05, 4.69) is 18.3 Å². The van der Waals surface area contributed by atoms with Crippen LogP contribution in [0.1, 0.15) is 41.3 Å². The maximum atomic E-state index is 12.2. The highest BCUT2D eigenvalue weighted by Gasteiger charge is 2.25. The molecular formula is C20H19ClN2OS. The van der Waals surface area contributed by atoms with Crippen LogP contribution >= 0.6 is 22.9 Å². The van der Waals surface area contributed by atoms with Crippen LogP contribution in [0.4, 0.5) is 5.00 Å². The molecule has 25 heavy (non-hydrogen) atoms. The average Bonchev–Trinajstić information content (AvgIpc) is 2.97. The van der Waals surface area contributed by atoms with Gasteiger partial charge in [-0.05, 0) is 54.5 Å². The van der Waals surface area contributed by atoms with Crippen LogP contribution in [0.15, 0.2) is 30.3 Å². The summed E-state index contributed by atoms with van der Waals surface area (Å²) in [5.74, 6) is 0.461. The Bertz CT molecular complexity index is 846. The number of carbonyl (C=O) groups excluding carboxylic acids is 1. The van der Waals surface area contributed by atoms with Crippen molar-refractivity contribution >= 4 is 39.9 Å². The molecule has 1 aromatic heterocycles. The van der Waals surface area contributed by atoms with Gasteiger partial charge in [0.15, 0.2) is 0 Å². The average molecular weight is 371 g/mol. The van der Waals surface area contributed by atoms with E-state index in [0.29, 0.717) is 21.5 Å². The van der Waals surface area contributed by atoms with E-state index in [4.69, 9.17) is 11.6 Å². The van der Waals surface area contributed by atoms with Crippen molar-refractivity contribution in [1.29, 1.82) is 5.26 Å². The minimum Gasteiger partial charge on any atom is -0.313 e. The zero-order valence-corrected chi connectivity index (χ0v) is 15.6. The molecule has 128 valence electrons. The fraction of sp³-hybridized carbons (Fsp3) is 0.300. The first-order valence-electron chi connectivity index (χ1n) is 8.40. The van der Waals surface area contributed by atoms with Gasteiger partial charge in [0.1, 0.15) is 11.1 Å². The number of nitrogens with one attached hydrogen (secondary N) is 1. The summed E-state index contributed by atoms with van der Waals surface area (Å²) < 4.78 is 0. The van der Waals surface area contributed by atoms with E-state index < -0.39 is 0 Å². The molecule has 0 radical (unpaired) electrons. The molecular weight excluding hydrogens is 352 g/mol. The Labute approximate surface area is 156 Å². The van der Waals surface area contributed by atoms with Gasteiger partial charge < -0.3 is 5.32 Å². The van der Waals surface area contributed by atoms with E-state index in [1.54, 1.807) is 29.5 Å². The number of nitrogens with zero attached hydrogens (tertiary/aromatic N) is 1. The zero-order valence-electron chi connectivity index (χ0n) is 14.0. The topological polar surface area (TPSA) is 52.9 Å². The lowest BCUT2D eigenvalue weighted by molar-refractivity contribution is -0.111. The Morgan fingerprint density at radius 2 is 2.20 bits per heavy atom. The van der Waals surface area contributed by atoms with Gasteiger partial charge >= 0.3 is 0 Å². The highest BCUT2D eigenvalue weighted by atomic mass is 35.5. The van der Waals surface area contributed by atoms with Crippen molar-refractivity contribution in [3.8, 4) is 6.07 Å². The van der Waals surface area contributed by atoms with Crippen LogP contribution in [-0.2, 0) is 17.6 Å². The smallest absolute Gasteiger partial charge is 0.249 e. The van der Waals surface area contributed by atoms with Crippen LogP contribution in [0.25, 0.3) is 6.08 Å². The predicted octanol–water partition coefficient (Wildman–Crippen LogP) is 5.44. The van der Waals surface area contributed by atoms with E-state index >= 15 is 0 Å². The lowest BCUT2D eigenvalue weighted by Gasteiger charge is -2.20. The number of anilines is 1. The number of hydrogen-bond acceptors (Lipinski definition) is 3.